The van der Waals surface area contributed by atoms with E-state index in [1.54, 1.807) is 34.9 Å². The number of carbonyl (C=O) groups is 1. The van der Waals surface area contributed by atoms with Crippen molar-refractivity contribution in [2.24, 2.45) is 0 Å². The van der Waals surface area contributed by atoms with Gasteiger partial charge in [-0.25, -0.2) is 0 Å². The fourth-order valence-electron chi connectivity index (χ4n) is 4.06. The molecule has 3 aromatic rings. The van der Waals surface area contributed by atoms with E-state index in [1.807, 2.05) is 30.1 Å². The molecule has 1 atom stereocenters. The van der Waals surface area contributed by atoms with Gasteiger partial charge in [0.1, 0.15) is 4.91 Å². The van der Waals surface area contributed by atoms with Crippen molar-refractivity contribution in [1.82, 2.24) is 4.90 Å². The van der Waals surface area contributed by atoms with E-state index < -0.39 is 0 Å². The zero-order valence-corrected chi connectivity index (χ0v) is 21.0. The van der Waals surface area contributed by atoms with Gasteiger partial charge in [-0.3, -0.25) is 4.79 Å². The maximum Gasteiger partial charge on any atom is 0.263 e. The van der Waals surface area contributed by atoms with E-state index in [9.17, 15) is 4.79 Å². The van der Waals surface area contributed by atoms with Crippen molar-refractivity contribution in [3.8, 4) is 0 Å². The molecule has 0 aliphatic carbocycles. The third-order valence-electron chi connectivity index (χ3n) is 5.71. The first kappa shape index (κ1) is 21.9. The topological polar surface area (TPSA) is 27.4 Å². The molecular weight excluding hydrogens is 478 g/mol. The summed E-state index contributed by atoms with van der Waals surface area (Å²) < 4.78 is 2.30. The smallest absolute Gasteiger partial charge is 0.263 e. The molecule has 4 nitrogen and oxygen atoms in total. The minimum Gasteiger partial charge on any atom is -0.337 e. The largest absolute Gasteiger partial charge is 0.337 e. The summed E-state index contributed by atoms with van der Waals surface area (Å²) in [6.45, 7) is 3.60. The number of halogens is 1. The van der Waals surface area contributed by atoms with Crippen molar-refractivity contribution in [3.63, 3.8) is 0 Å². The van der Waals surface area contributed by atoms with E-state index in [1.165, 1.54) is 10.6 Å². The number of carbonyl (C=O) groups excluding carboxylic acids is 1. The van der Waals surface area contributed by atoms with Crippen LogP contribution in [0.15, 0.2) is 74.9 Å². The summed E-state index contributed by atoms with van der Waals surface area (Å²) in [4.78, 5) is 19.3. The molecule has 1 fully saturated rings. The van der Waals surface area contributed by atoms with Crippen LogP contribution in [0.4, 0.5) is 5.69 Å². The van der Waals surface area contributed by atoms with E-state index in [0.717, 1.165) is 38.5 Å². The number of rotatable bonds is 5. The molecule has 1 saturated heterocycles. The summed E-state index contributed by atoms with van der Waals surface area (Å²) in [6, 6.07) is 16.4. The van der Waals surface area contributed by atoms with E-state index in [2.05, 4.69) is 58.3 Å². The van der Waals surface area contributed by atoms with Gasteiger partial charge in [0.15, 0.2) is 12.7 Å². The Morgan fingerprint density at radius 3 is 2.69 bits per heavy atom. The van der Waals surface area contributed by atoms with Crippen molar-refractivity contribution < 1.29 is 9.36 Å². The predicted molar refractivity (Wildman–Crippen MR) is 135 cm³/mol. The summed E-state index contributed by atoms with van der Waals surface area (Å²) in [5.41, 5.74) is 2.34. The van der Waals surface area contributed by atoms with Gasteiger partial charge in [0, 0.05) is 19.2 Å². The van der Waals surface area contributed by atoms with Gasteiger partial charge < -0.3 is 9.80 Å². The molecule has 32 heavy (non-hydrogen) atoms. The monoisotopic (exact) mass is 500 g/mol. The Bertz CT molecular complexity index is 1190. The van der Waals surface area contributed by atoms with Crippen LogP contribution < -0.4 is 9.47 Å². The van der Waals surface area contributed by atoms with Crippen LogP contribution in [0.3, 0.4) is 0 Å². The molecule has 0 N–H and O–H groups in total. The van der Waals surface area contributed by atoms with Gasteiger partial charge in [0.2, 0.25) is 5.01 Å². The zero-order chi connectivity index (χ0) is 22.2. The van der Waals surface area contributed by atoms with E-state index in [-0.39, 0.29) is 11.3 Å². The first-order valence-corrected chi connectivity index (χ1v) is 13.4. The van der Waals surface area contributed by atoms with Crippen molar-refractivity contribution in [1.29, 1.82) is 0 Å². The lowest BCUT2D eigenvalue weighted by Crippen LogP contribution is -2.40. The highest BCUT2D eigenvalue weighted by molar-refractivity contribution is 8.08. The summed E-state index contributed by atoms with van der Waals surface area (Å²) in [5.74, 6) is 0.118. The maximum atomic E-state index is 13.4. The van der Waals surface area contributed by atoms with Crippen molar-refractivity contribution in [3.05, 3.63) is 85.6 Å². The van der Waals surface area contributed by atoms with Gasteiger partial charge in [0.25, 0.3) is 5.91 Å². The Balaban J connectivity index is 1.41. The Morgan fingerprint density at radius 1 is 1.12 bits per heavy atom. The van der Waals surface area contributed by atoms with Crippen molar-refractivity contribution in [2.45, 2.75) is 30.2 Å². The Labute approximate surface area is 205 Å². The molecular formula is C24H23ClN3OS3+. The Kier molecular flexibility index (Phi) is 6.25. The van der Waals surface area contributed by atoms with Crippen LogP contribution in [0.5, 0.6) is 0 Å². The summed E-state index contributed by atoms with van der Waals surface area (Å²) in [7, 11) is 2.02. The average Bonchev–Trinajstić information content (AvgIpc) is 3.46. The normalized spacial score (nSPS) is 20.3. The van der Waals surface area contributed by atoms with Gasteiger partial charge >= 0.3 is 0 Å². The van der Waals surface area contributed by atoms with Crippen LogP contribution in [0.1, 0.15) is 17.5 Å². The fraction of sp³-hybridized carbons (Fsp3) is 0.250. The number of thiazole rings is 1. The number of hydrogen-bond acceptors (Lipinski definition) is 5. The third-order valence-corrected chi connectivity index (χ3v) is 9.80. The molecule has 1 unspecified atom stereocenters. The second kappa shape index (κ2) is 9.14. The molecule has 164 valence electrons. The zero-order valence-electron chi connectivity index (χ0n) is 17.8. The number of thioether (sulfide) groups is 2. The van der Waals surface area contributed by atoms with Gasteiger partial charge in [-0.2, -0.15) is 4.57 Å². The molecule has 1 amide bonds. The van der Waals surface area contributed by atoms with Crippen LogP contribution in [0.25, 0.3) is 0 Å². The second-order valence-corrected chi connectivity index (χ2v) is 11.2. The van der Waals surface area contributed by atoms with Crippen molar-refractivity contribution in [2.75, 3.05) is 18.5 Å². The second-order valence-electron chi connectivity index (χ2n) is 7.66. The number of amides is 1. The minimum atomic E-state index is 0.0869. The number of benzene rings is 2. The SMILES string of the molecule is CCN1C(=O)/C(=C2\Sc3c(Cl)cccc3N2C)SC1Cc1scc[n+]1Cc1ccccc1. The fourth-order valence-corrected chi connectivity index (χ4v) is 8.02. The number of likely N-dealkylation sites (N-methyl/N-ethyl adjacent to an activating group) is 1. The first-order valence-electron chi connectivity index (χ1n) is 10.5. The van der Waals surface area contributed by atoms with E-state index in [0.29, 0.717) is 6.54 Å². The number of fused-ring (bicyclic) bond motifs is 1. The van der Waals surface area contributed by atoms with Crippen LogP contribution in [0.2, 0.25) is 5.02 Å². The van der Waals surface area contributed by atoms with Gasteiger partial charge in [0.05, 0.1) is 37.8 Å². The Hall–Kier alpha value is -1.93. The summed E-state index contributed by atoms with van der Waals surface area (Å²) in [5, 5.41) is 5.21. The quantitative estimate of drug-likeness (QED) is 0.336. The molecule has 0 spiro atoms. The molecule has 0 bridgehead atoms. The lowest BCUT2D eigenvalue weighted by molar-refractivity contribution is -0.690. The molecule has 0 saturated carbocycles. The first-order chi connectivity index (χ1) is 15.6. The average molecular weight is 501 g/mol. The standard InChI is InChI=1S/C24H23ClN3OS3/c1-3-28-20(14-19-27(12-13-30-19)15-16-8-5-4-6-9-16)31-22(23(28)29)24-26(2)18-11-7-10-17(25)21(18)32-24/h4-13,20H,3,14-15H2,1-2H3/q+1/b24-22+. The molecule has 2 aliphatic rings. The molecule has 2 aromatic carbocycles. The van der Waals surface area contributed by atoms with Gasteiger partial charge in [-0.15, -0.1) is 0 Å². The van der Waals surface area contributed by atoms with Gasteiger partial charge in [-0.05, 0) is 19.1 Å². The van der Waals surface area contributed by atoms with E-state index in [4.69, 9.17) is 11.6 Å². The molecule has 1 aromatic heterocycles. The number of anilines is 1. The summed E-state index contributed by atoms with van der Waals surface area (Å²) >= 11 is 11.5. The van der Waals surface area contributed by atoms with E-state index >= 15 is 0 Å². The van der Waals surface area contributed by atoms with Crippen LogP contribution in [-0.2, 0) is 17.8 Å². The van der Waals surface area contributed by atoms with Gasteiger partial charge in [-0.1, -0.05) is 82.9 Å². The maximum absolute atomic E-state index is 13.4. The molecule has 3 heterocycles. The predicted octanol–water partition coefficient (Wildman–Crippen LogP) is 5.61. The van der Waals surface area contributed by atoms with Crippen LogP contribution in [-0.4, -0.2) is 29.8 Å². The lowest BCUT2D eigenvalue weighted by Gasteiger charge is -2.19. The highest BCUT2D eigenvalue weighted by Gasteiger charge is 2.41. The molecule has 0 radical (unpaired) electrons. The van der Waals surface area contributed by atoms with Crippen LogP contribution >= 0.6 is 46.5 Å². The number of hydrogen-bond donors (Lipinski definition) is 0. The highest BCUT2D eigenvalue weighted by Crippen LogP contribution is 2.53. The Morgan fingerprint density at radius 2 is 1.94 bits per heavy atom. The molecule has 2 aliphatic heterocycles. The third kappa shape index (κ3) is 3.96. The van der Waals surface area contributed by atoms with Crippen molar-refractivity contribution >= 4 is 58.1 Å². The number of nitrogens with zero attached hydrogens (tertiary/aromatic N) is 3. The minimum absolute atomic E-state index is 0.0869. The summed E-state index contributed by atoms with van der Waals surface area (Å²) in [6.07, 6.45) is 2.97. The highest BCUT2D eigenvalue weighted by atomic mass is 35.5. The lowest BCUT2D eigenvalue weighted by atomic mass is 10.2. The number of aromatic nitrogens is 1. The molecule has 8 heteroatoms. The van der Waals surface area contributed by atoms with Crippen LogP contribution in [0, 0.1) is 0 Å². The molecule has 5 rings (SSSR count).